The van der Waals surface area contributed by atoms with Crippen molar-refractivity contribution in [2.45, 2.75) is 25.5 Å². The molecule has 0 unspecified atom stereocenters. The van der Waals surface area contributed by atoms with Gasteiger partial charge in [0.25, 0.3) is 0 Å². The number of rotatable bonds is 7. The second kappa shape index (κ2) is 9.03. The van der Waals surface area contributed by atoms with Gasteiger partial charge in [-0.2, -0.15) is 4.98 Å². The summed E-state index contributed by atoms with van der Waals surface area (Å²) >= 11 is 0.966. The number of hydrogen-bond acceptors (Lipinski definition) is 7. The fourth-order valence-corrected chi connectivity index (χ4v) is 2.88. The lowest BCUT2D eigenvalue weighted by atomic mass is 10.2. The number of nitrogens with zero attached hydrogens (tertiary/aromatic N) is 1. The van der Waals surface area contributed by atoms with Crippen LogP contribution in [0.3, 0.4) is 0 Å². The van der Waals surface area contributed by atoms with Gasteiger partial charge in [-0.15, -0.1) is 0 Å². The number of carbonyl (C=O) groups is 2. The van der Waals surface area contributed by atoms with Gasteiger partial charge in [-0.05, 0) is 19.4 Å². The van der Waals surface area contributed by atoms with Gasteiger partial charge < -0.3 is 14.5 Å². The van der Waals surface area contributed by atoms with Gasteiger partial charge in [-0.25, -0.2) is 9.59 Å². The maximum absolute atomic E-state index is 12.0. The minimum Gasteiger partial charge on any atom is -0.462 e. The van der Waals surface area contributed by atoms with Crippen LogP contribution in [0, 0.1) is 6.92 Å². The summed E-state index contributed by atoms with van der Waals surface area (Å²) in [5.74, 6) is -1.14. The van der Waals surface area contributed by atoms with Crippen molar-refractivity contribution in [2.24, 2.45) is 0 Å². The first-order valence-corrected chi connectivity index (χ1v) is 8.60. The first-order valence-electron chi connectivity index (χ1n) is 7.61. The standard InChI is InChI=1S/C17H18N2O5S/c1-3-23-16(21)14-11(2)18-17(22)19-15(14)25-10-13(20)24-9-12-7-5-4-6-8-12/h4-8H,3,9-10H2,1-2H3,(H,18,19,22). The topological polar surface area (TPSA) is 98.3 Å². The van der Waals surface area contributed by atoms with E-state index in [-0.39, 0.29) is 29.6 Å². The fourth-order valence-electron chi connectivity index (χ4n) is 2.01. The Morgan fingerprint density at radius 2 is 1.92 bits per heavy atom. The summed E-state index contributed by atoms with van der Waals surface area (Å²) in [5.41, 5.74) is 0.782. The molecule has 1 N–H and O–H groups in total. The van der Waals surface area contributed by atoms with Crippen LogP contribution in [0.1, 0.15) is 28.5 Å². The molecule has 8 heteroatoms. The van der Waals surface area contributed by atoms with Gasteiger partial charge in [-0.1, -0.05) is 42.1 Å². The van der Waals surface area contributed by atoms with E-state index in [1.807, 2.05) is 30.3 Å². The smallest absolute Gasteiger partial charge is 0.346 e. The van der Waals surface area contributed by atoms with E-state index in [0.717, 1.165) is 17.3 Å². The van der Waals surface area contributed by atoms with Crippen molar-refractivity contribution in [3.63, 3.8) is 0 Å². The van der Waals surface area contributed by atoms with Crippen molar-refractivity contribution in [3.05, 3.63) is 57.6 Å². The molecule has 7 nitrogen and oxygen atoms in total. The van der Waals surface area contributed by atoms with Crippen molar-refractivity contribution in [1.29, 1.82) is 0 Å². The third-order valence-electron chi connectivity index (χ3n) is 3.14. The fraction of sp³-hybridized carbons (Fsp3) is 0.294. The lowest BCUT2D eigenvalue weighted by Gasteiger charge is -2.10. The van der Waals surface area contributed by atoms with Crippen LogP contribution in [0.2, 0.25) is 0 Å². The molecule has 0 aliphatic rings. The van der Waals surface area contributed by atoms with Crippen LogP contribution in [0.25, 0.3) is 0 Å². The van der Waals surface area contributed by atoms with Gasteiger partial charge in [0.2, 0.25) is 0 Å². The highest BCUT2D eigenvalue weighted by Gasteiger charge is 2.20. The second-order valence-electron chi connectivity index (χ2n) is 5.00. The number of thioether (sulfide) groups is 1. The molecule has 0 saturated carbocycles. The minimum atomic E-state index is -0.594. The molecule has 0 radical (unpaired) electrons. The molecule has 25 heavy (non-hydrogen) atoms. The average molecular weight is 362 g/mol. The van der Waals surface area contributed by atoms with Crippen LogP contribution in [0.5, 0.6) is 0 Å². The molecule has 0 bridgehead atoms. The monoisotopic (exact) mass is 362 g/mol. The zero-order valence-corrected chi connectivity index (χ0v) is 14.7. The number of aromatic amines is 1. The van der Waals surface area contributed by atoms with Crippen LogP contribution in [-0.4, -0.2) is 34.3 Å². The molecule has 1 aromatic heterocycles. The number of nitrogens with one attached hydrogen (secondary N) is 1. The zero-order valence-electron chi connectivity index (χ0n) is 13.9. The highest BCUT2D eigenvalue weighted by Crippen LogP contribution is 2.22. The van der Waals surface area contributed by atoms with Gasteiger partial charge >= 0.3 is 17.6 Å². The van der Waals surface area contributed by atoms with Gasteiger partial charge in [-0.3, -0.25) is 4.79 Å². The summed E-state index contributed by atoms with van der Waals surface area (Å²) in [6, 6.07) is 9.28. The second-order valence-corrected chi connectivity index (χ2v) is 5.97. The van der Waals surface area contributed by atoms with Gasteiger partial charge in [0.05, 0.1) is 12.4 Å². The first kappa shape index (κ1) is 18.7. The largest absolute Gasteiger partial charge is 0.462 e. The molecule has 1 aromatic carbocycles. The number of carbonyl (C=O) groups excluding carboxylic acids is 2. The van der Waals surface area contributed by atoms with E-state index in [2.05, 4.69) is 9.97 Å². The molecule has 0 saturated heterocycles. The van der Waals surface area contributed by atoms with E-state index in [1.165, 1.54) is 0 Å². The van der Waals surface area contributed by atoms with Crippen LogP contribution in [0.4, 0.5) is 0 Å². The normalized spacial score (nSPS) is 10.3. The predicted octanol–water partition coefficient (Wildman–Crippen LogP) is 2.09. The van der Waals surface area contributed by atoms with E-state index in [4.69, 9.17) is 9.47 Å². The number of ether oxygens (including phenoxy) is 2. The minimum absolute atomic E-state index is 0.0743. The van der Waals surface area contributed by atoms with Crippen LogP contribution in [-0.2, 0) is 20.9 Å². The molecular formula is C17H18N2O5S. The van der Waals surface area contributed by atoms with Crippen molar-refractivity contribution in [3.8, 4) is 0 Å². The highest BCUT2D eigenvalue weighted by molar-refractivity contribution is 8.00. The summed E-state index contributed by atoms with van der Waals surface area (Å²) in [7, 11) is 0. The van der Waals surface area contributed by atoms with Crippen molar-refractivity contribution >= 4 is 23.7 Å². The third-order valence-corrected chi connectivity index (χ3v) is 4.08. The summed E-state index contributed by atoms with van der Waals surface area (Å²) in [6.07, 6.45) is 0. The number of benzene rings is 1. The van der Waals surface area contributed by atoms with Crippen molar-refractivity contribution < 1.29 is 19.1 Å². The summed E-state index contributed by atoms with van der Waals surface area (Å²) < 4.78 is 10.1. The maximum atomic E-state index is 12.0. The first-order chi connectivity index (χ1) is 12.0. The third kappa shape index (κ3) is 5.46. The molecule has 2 aromatic rings. The summed E-state index contributed by atoms with van der Waals surface area (Å²) in [4.78, 5) is 41.7. The molecule has 1 heterocycles. The van der Waals surface area contributed by atoms with E-state index in [9.17, 15) is 14.4 Å². The Morgan fingerprint density at radius 1 is 1.20 bits per heavy atom. The lowest BCUT2D eigenvalue weighted by Crippen LogP contribution is -2.20. The molecule has 0 aliphatic heterocycles. The van der Waals surface area contributed by atoms with Crippen LogP contribution in [0.15, 0.2) is 40.2 Å². The Hall–Kier alpha value is -2.61. The van der Waals surface area contributed by atoms with E-state index >= 15 is 0 Å². The number of aromatic nitrogens is 2. The number of esters is 2. The van der Waals surface area contributed by atoms with E-state index in [1.54, 1.807) is 13.8 Å². The number of aryl methyl sites for hydroxylation is 1. The zero-order chi connectivity index (χ0) is 18.2. The summed E-state index contributed by atoms with van der Waals surface area (Å²) in [5, 5.41) is 0.149. The van der Waals surface area contributed by atoms with Gasteiger partial charge in [0, 0.05) is 5.69 Å². The van der Waals surface area contributed by atoms with E-state index < -0.39 is 17.6 Å². The SMILES string of the molecule is CCOC(=O)c1c(SCC(=O)OCc2ccccc2)nc(=O)[nH]c1C. The Balaban J connectivity index is 2.03. The Bertz CT molecular complexity index is 804. The molecule has 0 amide bonds. The highest BCUT2D eigenvalue weighted by atomic mass is 32.2. The maximum Gasteiger partial charge on any atom is 0.346 e. The molecule has 0 spiro atoms. The molecular weight excluding hydrogens is 344 g/mol. The quantitative estimate of drug-likeness (QED) is 0.457. The van der Waals surface area contributed by atoms with Crippen molar-refractivity contribution in [2.75, 3.05) is 12.4 Å². The van der Waals surface area contributed by atoms with Gasteiger partial charge in [0.1, 0.15) is 17.2 Å². The lowest BCUT2D eigenvalue weighted by molar-refractivity contribution is -0.141. The predicted molar refractivity (Wildman–Crippen MR) is 92.5 cm³/mol. The number of hydrogen-bond donors (Lipinski definition) is 1. The molecule has 2 rings (SSSR count). The van der Waals surface area contributed by atoms with Crippen LogP contribution >= 0.6 is 11.8 Å². The Morgan fingerprint density at radius 3 is 2.60 bits per heavy atom. The van der Waals surface area contributed by atoms with Gasteiger partial charge in [0.15, 0.2) is 0 Å². The Labute approximate surface area is 148 Å². The van der Waals surface area contributed by atoms with Crippen LogP contribution < -0.4 is 5.69 Å². The molecule has 0 aliphatic carbocycles. The Kier molecular flexibility index (Phi) is 6.76. The van der Waals surface area contributed by atoms with Crippen molar-refractivity contribution in [1.82, 2.24) is 9.97 Å². The summed E-state index contributed by atoms with van der Waals surface area (Å²) in [6.45, 7) is 3.61. The van der Waals surface area contributed by atoms with E-state index in [0.29, 0.717) is 5.69 Å². The molecule has 0 fully saturated rings. The molecule has 0 atom stereocenters. The number of H-pyrrole nitrogens is 1. The average Bonchev–Trinajstić information content (AvgIpc) is 2.58. The molecule has 132 valence electrons.